The number of hydrogen-bond acceptors (Lipinski definition) is 3. The summed E-state index contributed by atoms with van der Waals surface area (Å²) in [6, 6.07) is 12.4. The highest BCUT2D eigenvalue weighted by Crippen LogP contribution is 2.29. The van der Waals surface area contributed by atoms with Crippen LogP contribution in [0.4, 0.5) is 0 Å². The molecule has 2 unspecified atom stereocenters. The molecule has 2 atom stereocenters. The van der Waals surface area contributed by atoms with Crippen LogP contribution < -0.4 is 5.73 Å². The molecule has 2 fully saturated rings. The van der Waals surface area contributed by atoms with E-state index in [0.717, 1.165) is 31.7 Å². The van der Waals surface area contributed by atoms with Crippen LogP contribution in [0.3, 0.4) is 0 Å². The second kappa shape index (κ2) is 6.70. The highest BCUT2D eigenvalue weighted by Gasteiger charge is 2.33. The summed E-state index contributed by atoms with van der Waals surface area (Å²) in [5.41, 5.74) is 7.26. The first-order chi connectivity index (χ1) is 9.86. The van der Waals surface area contributed by atoms with E-state index in [1.165, 1.54) is 44.3 Å². The lowest BCUT2D eigenvalue weighted by molar-refractivity contribution is 0.0845. The van der Waals surface area contributed by atoms with E-state index in [4.69, 9.17) is 5.73 Å². The van der Waals surface area contributed by atoms with Crippen molar-refractivity contribution < 1.29 is 0 Å². The van der Waals surface area contributed by atoms with Crippen LogP contribution in [-0.4, -0.2) is 48.1 Å². The number of rotatable bonds is 5. The van der Waals surface area contributed by atoms with E-state index in [0.29, 0.717) is 0 Å². The number of piperidine rings is 1. The van der Waals surface area contributed by atoms with Gasteiger partial charge in [0.2, 0.25) is 0 Å². The first-order valence-corrected chi connectivity index (χ1v) is 8.09. The van der Waals surface area contributed by atoms with Gasteiger partial charge in [-0.1, -0.05) is 30.3 Å². The normalized spacial score (nSPS) is 26.9. The van der Waals surface area contributed by atoms with Gasteiger partial charge in [-0.3, -0.25) is 4.90 Å². The van der Waals surface area contributed by atoms with Gasteiger partial charge >= 0.3 is 0 Å². The highest BCUT2D eigenvalue weighted by molar-refractivity contribution is 5.14. The van der Waals surface area contributed by atoms with E-state index >= 15 is 0 Å². The summed E-state index contributed by atoms with van der Waals surface area (Å²) in [4.78, 5) is 5.31. The Balaban J connectivity index is 1.64. The van der Waals surface area contributed by atoms with Crippen LogP contribution in [0.2, 0.25) is 0 Å². The molecule has 3 rings (SSSR count). The largest absolute Gasteiger partial charge is 0.329 e. The second-order valence-electron chi connectivity index (χ2n) is 6.25. The number of benzene rings is 1. The molecular weight excluding hydrogens is 246 g/mol. The quantitative estimate of drug-likeness (QED) is 0.891. The second-order valence-corrected chi connectivity index (χ2v) is 6.25. The fourth-order valence-electron chi connectivity index (χ4n) is 3.91. The van der Waals surface area contributed by atoms with Gasteiger partial charge in [0.15, 0.2) is 0 Å². The van der Waals surface area contributed by atoms with Gasteiger partial charge in [-0.15, -0.1) is 0 Å². The third-order valence-electron chi connectivity index (χ3n) is 4.95. The molecule has 3 nitrogen and oxygen atoms in total. The molecule has 0 aliphatic carbocycles. The van der Waals surface area contributed by atoms with E-state index in [-0.39, 0.29) is 0 Å². The average molecular weight is 273 g/mol. The molecule has 2 saturated heterocycles. The third kappa shape index (κ3) is 3.22. The number of nitrogens with two attached hydrogens (primary N) is 1. The van der Waals surface area contributed by atoms with Crippen LogP contribution in [0.15, 0.2) is 30.3 Å². The van der Waals surface area contributed by atoms with Gasteiger partial charge < -0.3 is 10.6 Å². The lowest BCUT2D eigenvalue weighted by Crippen LogP contribution is -2.48. The van der Waals surface area contributed by atoms with E-state index in [1.54, 1.807) is 0 Å². The van der Waals surface area contributed by atoms with Crippen LogP contribution >= 0.6 is 0 Å². The zero-order valence-electron chi connectivity index (χ0n) is 12.4. The Morgan fingerprint density at radius 2 is 2.00 bits per heavy atom. The standard InChI is InChI=1S/C17H27N3/c18-9-12-20(14-15-5-2-1-3-6-15)17-8-11-19-10-4-7-16(19)13-17/h1-3,5-6,16-17H,4,7-14,18H2. The zero-order valence-corrected chi connectivity index (χ0v) is 12.4. The molecule has 0 radical (unpaired) electrons. The molecule has 0 saturated carbocycles. The molecule has 2 aliphatic rings. The Hall–Kier alpha value is -0.900. The van der Waals surface area contributed by atoms with Gasteiger partial charge in [-0.25, -0.2) is 0 Å². The Morgan fingerprint density at radius 3 is 2.80 bits per heavy atom. The smallest absolute Gasteiger partial charge is 0.0237 e. The summed E-state index contributed by atoms with van der Waals surface area (Å²) >= 11 is 0. The molecule has 0 spiro atoms. The van der Waals surface area contributed by atoms with Crippen LogP contribution in [0, 0.1) is 0 Å². The molecule has 1 aromatic carbocycles. The molecule has 20 heavy (non-hydrogen) atoms. The number of hydrogen-bond donors (Lipinski definition) is 1. The highest BCUT2D eigenvalue weighted by atomic mass is 15.2. The van der Waals surface area contributed by atoms with Crippen LogP contribution in [0.25, 0.3) is 0 Å². The van der Waals surface area contributed by atoms with Crippen molar-refractivity contribution in [1.82, 2.24) is 9.80 Å². The molecule has 110 valence electrons. The summed E-state index contributed by atoms with van der Waals surface area (Å²) in [5.74, 6) is 0. The topological polar surface area (TPSA) is 32.5 Å². The van der Waals surface area contributed by atoms with Crippen molar-refractivity contribution in [3.8, 4) is 0 Å². The van der Waals surface area contributed by atoms with E-state index in [9.17, 15) is 0 Å². The maximum atomic E-state index is 5.84. The van der Waals surface area contributed by atoms with Crippen molar-refractivity contribution in [1.29, 1.82) is 0 Å². The predicted octanol–water partition coefficient (Wildman–Crippen LogP) is 2.07. The van der Waals surface area contributed by atoms with E-state index < -0.39 is 0 Å². The zero-order chi connectivity index (χ0) is 13.8. The Labute approximate surface area is 122 Å². The van der Waals surface area contributed by atoms with E-state index in [1.807, 2.05) is 0 Å². The lowest BCUT2D eigenvalue weighted by atomic mass is 9.95. The Morgan fingerprint density at radius 1 is 1.15 bits per heavy atom. The fourth-order valence-corrected chi connectivity index (χ4v) is 3.91. The molecule has 2 N–H and O–H groups in total. The average Bonchev–Trinajstić information content (AvgIpc) is 2.95. The van der Waals surface area contributed by atoms with Gasteiger partial charge in [0, 0.05) is 31.7 Å². The summed E-state index contributed by atoms with van der Waals surface area (Å²) in [5, 5.41) is 0. The molecule has 2 heterocycles. The van der Waals surface area contributed by atoms with Gasteiger partial charge in [-0.2, -0.15) is 0 Å². The summed E-state index contributed by atoms with van der Waals surface area (Å²) < 4.78 is 0. The maximum absolute atomic E-state index is 5.84. The molecule has 1 aromatic rings. The number of fused-ring (bicyclic) bond motifs is 1. The third-order valence-corrected chi connectivity index (χ3v) is 4.95. The molecular formula is C17H27N3. The summed E-state index contributed by atoms with van der Waals surface area (Å²) in [6.45, 7) is 5.44. The van der Waals surface area contributed by atoms with Crippen LogP contribution in [-0.2, 0) is 6.54 Å². The van der Waals surface area contributed by atoms with Gasteiger partial charge in [-0.05, 0) is 44.3 Å². The van der Waals surface area contributed by atoms with Crippen molar-refractivity contribution in [3.05, 3.63) is 35.9 Å². The van der Waals surface area contributed by atoms with E-state index in [2.05, 4.69) is 40.1 Å². The first kappa shape index (κ1) is 14.1. The van der Waals surface area contributed by atoms with Crippen molar-refractivity contribution in [2.75, 3.05) is 26.2 Å². The molecule has 2 aliphatic heterocycles. The predicted molar refractivity (Wildman–Crippen MR) is 83.5 cm³/mol. The molecule has 0 amide bonds. The fraction of sp³-hybridized carbons (Fsp3) is 0.647. The Kier molecular flexibility index (Phi) is 4.71. The lowest BCUT2D eigenvalue weighted by Gasteiger charge is -2.40. The van der Waals surface area contributed by atoms with Crippen molar-refractivity contribution in [2.24, 2.45) is 5.73 Å². The van der Waals surface area contributed by atoms with Crippen LogP contribution in [0.1, 0.15) is 31.2 Å². The van der Waals surface area contributed by atoms with Crippen molar-refractivity contribution >= 4 is 0 Å². The maximum Gasteiger partial charge on any atom is 0.0237 e. The minimum atomic E-state index is 0.720. The molecule has 3 heteroatoms. The Bertz CT molecular complexity index is 406. The number of nitrogens with zero attached hydrogens (tertiary/aromatic N) is 2. The van der Waals surface area contributed by atoms with Crippen molar-refractivity contribution in [3.63, 3.8) is 0 Å². The van der Waals surface area contributed by atoms with Gasteiger partial charge in [0.05, 0.1) is 0 Å². The van der Waals surface area contributed by atoms with Gasteiger partial charge in [0.1, 0.15) is 0 Å². The minimum absolute atomic E-state index is 0.720. The first-order valence-electron chi connectivity index (χ1n) is 8.09. The van der Waals surface area contributed by atoms with Crippen LogP contribution in [0.5, 0.6) is 0 Å². The SMILES string of the molecule is NCCN(Cc1ccccc1)C1CCN2CCCC2C1. The minimum Gasteiger partial charge on any atom is -0.329 e. The summed E-state index contributed by atoms with van der Waals surface area (Å²) in [7, 11) is 0. The molecule has 0 bridgehead atoms. The molecule has 0 aromatic heterocycles. The van der Waals surface area contributed by atoms with Crippen molar-refractivity contribution in [2.45, 2.75) is 44.3 Å². The monoisotopic (exact) mass is 273 g/mol. The van der Waals surface area contributed by atoms with Gasteiger partial charge in [0.25, 0.3) is 0 Å². The summed E-state index contributed by atoms with van der Waals surface area (Å²) in [6.07, 6.45) is 5.45.